The number of hydrogen-bond donors (Lipinski definition) is 0. The average Bonchev–Trinajstić information content (AvgIpc) is 3.00. The minimum Gasteiger partial charge on any atom is -0.455 e. The van der Waals surface area contributed by atoms with Gasteiger partial charge in [-0.15, -0.1) is 0 Å². The van der Waals surface area contributed by atoms with Crippen LogP contribution in [0, 0.1) is 0 Å². The number of imidazole rings is 1. The Labute approximate surface area is 146 Å². The van der Waals surface area contributed by atoms with Crippen LogP contribution >= 0.6 is 23.2 Å². The minimum atomic E-state index is -0.469. The minimum absolute atomic E-state index is 0.213. The van der Waals surface area contributed by atoms with Gasteiger partial charge in [-0.05, 0) is 18.6 Å². The molecule has 0 amide bonds. The van der Waals surface area contributed by atoms with Crippen LogP contribution in [0.3, 0.4) is 0 Å². The normalized spacial score (nSPS) is 12.1. The maximum atomic E-state index is 12.1. The molecule has 23 heavy (non-hydrogen) atoms. The lowest BCUT2D eigenvalue weighted by Crippen LogP contribution is -2.16. The third-order valence-electron chi connectivity index (χ3n) is 3.50. The van der Waals surface area contributed by atoms with E-state index in [1.807, 2.05) is 10.8 Å². The summed E-state index contributed by atoms with van der Waals surface area (Å²) in [5.74, 6) is -0.213. The summed E-state index contributed by atoms with van der Waals surface area (Å²) in [5, 5.41) is 1.04. The standard InChI is InChI=1S/C17H20Cl2N2O2/c1-2-3-4-5-17(22)23-16(11-21-9-8-20-12-21)14-7-6-13(18)10-15(14)19/h6-10,12,16H,2-5,11H2,1H3. The molecule has 0 saturated heterocycles. The van der Waals surface area contributed by atoms with Crippen molar-refractivity contribution in [3.8, 4) is 0 Å². The molecule has 0 aliphatic rings. The van der Waals surface area contributed by atoms with Crippen LogP contribution in [0.25, 0.3) is 0 Å². The largest absolute Gasteiger partial charge is 0.455 e. The molecule has 1 atom stereocenters. The lowest BCUT2D eigenvalue weighted by molar-refractivity contribution is -0.150. The zero-order valence-electron chi connectivity index (χ0n) is 13.0. The fraction of sp³-hybridized carbons (Fsp3) is 0.412. The van der Waals surface area contributed by atoms with Crippen molar-refractivity contribution in [3.63, 3.8) is 0 Å². The number of hydrogen-bond acceptors (Lipinski definition) is 3. The van der Waals surface area contributed by atoms with Crippen LogP contribution in [0.2, 0.25) is 10.0 Å². The molecule has 0 radical (unpaired) electrons. The summed E-state index contributed by atoms with van der Waals surface area (Å²) < 4.78 is 7.52. The zero-order valence-corrected chi connectivity index (χ0v) is 14.6. The van der Waals surface area contributed by atoms with E-state index in [0.29, 0.717) is 23.0 Å². The van der Waals surface area contributed by atoms with E-state index < -0.39 is 6.10 Å². The molecule has 0 aliphatic heterocycles. The van der Waals surface area contributed by atoms with Crippen molar-refractivity contribution in [2.24, 2.45) is 0 Å². The highest BCUT2D eigenvalue weighted by atomic mass is 35.5. The van der Waals surface area contributed by atoms with Gasteiger partial charge >= 0.3 is 5.97 Å². The Morgan fingerprint density at radius 3 is 2.83 bits per heavy atom. The first-order chi connectivity index (χ1) is 11.1. The Kier molecular flexibility index (Phi) is 6.93. The van der Waals surface area contributed by atoms with Crippen LogP contribution < -0.4 is 0 Å². The van der Waals surface area contributed by atoms with Crippen molar-refractivity contribution in [3.05, 3.63) is 52.5 Å². The van der Waals surface area contributed by atoms with E-state index in [1.54, 1.807) is 30.7 Å². The van der Waals surface area contributed by atoms with E-state index in [2.05, 4.69) is 11.9 Å². The van der Waals surface area contributed by atoms with Crippen molar-refractivity contribution in [1.82, 2.24) is 9.55 Å². The molecular formula is C17H20Cl2N2O2. The number of ether oxygens (including phenoxy) is 1. The molecular weight excluding hydrogens is 335 g/mol. The number of carbonyl (C=O) groups excluding carboxylic acids is 1. The summed E-state index contributed by atoms with van der Waals surface area (Å²) in [6, 6.07) is 5.20. The fourth-order valence-electron chi connectivity index (χ4n) is 2.28. The van der Waals surface area contributed by atoms with Crippen LogP contribution in [-0.4, -0.2) is 15.5 Å². The average molecular weight is 355 g/mol. The first kappa shape index (κ1) is 17.8. The molecule has 4 nitrogen and oxygen atoms in total. The number of nitrogens with zero attached hydrogens (tertiary/aromatic N) is 2. The van der Waals surface area contributed by atoms with Crippen molar-refractivity contribution in [2.75, 3.05) is 0 Å². The van der Waals surface area contributed by atoms with Crippen LogP contribution in [0.15, 0.2) is 36.9 Å². The van der Waals surface area contributed by atoms with E-state index >= 15 is 0 Å². The van der Waals surface area contributed by atoms with E-state index in [9.17, 15) is 4.79 Å². The van der Waals surface area contributed by atoms with Gasteiger partial charge in [0.05, 0.1) is 12.9 Å². The molecule has 2 rings (SSSR count). The highest BCUT2D eigenvalue weighted by Gasteiger charge is 2.20. The third kappa shape index (κ3) is 5.56. The zero-order chi connectivity index (χ0) is 16.7. The molecule has 0 N–H and O–H groups in total. The molecule has 1 aromatic heterocycles. The Balaban J connectivity index is 2.12. The number of halogens is 2. The first-order valence-electron chi connectivity index (χ1n) is 7.70. The van der Waals surface area contributed by atoms with E-state index in [0.717, 1.165) is 24.8 Å². The van der Waals surface area contributed by atoms with E-state index in [-0.39, 0.29) is 5.97 Å². The van der Waals surface area contributed by atoms with Crippen LogP contribution in [0.1, 0.15) is 44.3 Å². The molecule has 0 spiro atoms. The highest BCUT2D eigenvalue weighted by Crippen LogP contribution is 2.30. The topological polar surface area (TPSA) is 44.1 Å². The first-order valence-corrected chi connectivity index (χ1v) is 8.46. The number of unbranched alkanes of at least 4 members (excludes halogenated alkanes) is 2. The number of aromatic nitrogens is 2. The Morgan fingerprint density at radius 1 is 1.35 bits per heavy atom. The summed E-state index contributed by atoms with van der Waals surface area (Å²) in [4.78, 5) is 16.1. The predicted molar refractivity (Wildman–Crippen MR) is 91.7 cm³/mol. The molecule has 6 heteroatoms. The Morgan fingerprint density at radius 2 is 2.17 bits per heavy atom. The van der Waals surface area contributed by atoms with Gasteiger partial charge in [-0.3, -0.25) is 4.79 Å². The molecule has 2 aromatic rings. The fourth-order valence-corrected chi connectivity index (χ4v) is 2.82. The SMILES string of the molecule is CCCCCC(=O)OC(Cn1ccnc1)c1ccc(Cl)cc1Cl. The number of rotatable bonds is 8. The molecule has 0 saturated carbocycles. The molecule has 1 unspecified atom stereocenters. The molecule has 0 bridgehead atoms. The van der Waals surface area contributed by atoms with Crippen LogP contribution in [-0.2, 0) is 16.1 Å². The molecule has 1 aromatic carbocycles. The molecule has 1 heterocycles. The van der Waals surface area contributed by atoms with Gasteiger partial charge < -0.3 is 9.30 Å². The van der Waals surface area contributed by atoms with Gasteiger partial charge in [0.15, 0.2) is 0 Å². The second-order valence-corrected chi connectivity index (χ2v) is 6.20. The maximum absolute atomic E-state index is 12.1. The quantitative estimate of drug-likeness (QED) is 0.491. The number of benzene rings is 1. The summed E-state index contributed by atoms with van der Waals surface area (Å²) in [6.07, 6.45) is 8.05. The van der Waals surface area contributed by atoms with Crippen LogP contribution in [0.4, 0.5) is 0 Å². The second kappa shape index (κ2) is 8.94. The highest BCUT2D eigenvalue weighted by molar-refractivity contribution is 6.35. The van der Waals surface area contributed by atoms with Gasteiger partial charge in [0.25, 0.3) is 0 Å². The summed E-state index contributed by atoms with van der Waals surface area (Å²) in [6.45, 7) is 2.56. The van der Waals surface area contributed by atoms with Gasteiger partial charge in [0.2, 0.25) is 0 Å². The smallest absolute Gasteiger partial charge is 0.306 e. The van der Waals surface area contributed by atoms with E-state index in [1.165, 1.54) is 0 Å². The van der Waals surface area contributed by atoms with Crippen molar-refractivity contribution in [2.45, 2.75) is 45.3 Å². The van der Waals surface area contributed by atoms with Gasteiger partial charge in [-0.2, -0.15) is 0 Å². The predicted octanol–water partition coefficient (Wildman–Crippen LogP) is 5.05. The van der Waals surface area contributed by atoms with Crippen molar-refractivity contribution >= 4 is 29.2 Å². The van der Waals surface area contributed by atoms with Crippen LogP contribution in [0.5, 0.6) is 0 Å². The maximum Gasteiger partial charge on any atom is 0.306 e. The molecule has 0 aliphatic carbocycles. The lowest BCUT2D eigenvalue weighted by Gasteiger charge is -2.20. The number of esters is 1. The van der Waals surface area contributed by atoms with Gasteiger partial charge in [0, 0.05) is 34.4 Å². The van der Waals surface area contributed by atoms with Gasteiger partial charge in [0.1, 0.15) is 6.10 Å². The van der Waals surface area contributed by atoms with Gasteiger partial charge in [-0.25, -0.2) is 4.98 Å². The number of carbonyl (C=O) groups is 1. The van der Waals surface area contributed by atoms with Gasteiger partial charge in [-0.1, -0.05) is 49.0 Å². The lowest BCUT2D eigenvalue weighted by atomic mass is 10.1. The summed E-state index contributed by atoms with van der Waals surface area (Å²) >= 11 is 12.2. The second-order valence-electron chi connectivity index (χ2n) is 5.36. The monoisotopic (exact) mass is 354 g/mol. The molecule has 0 fully saturated rings. The Bertz CT molecular complexity index is 630. The molecule has 124 valence electrons. The van der Waals surface area contributed by atoms with Crippen molar-refractivity contribution in [1.29, 1.82) is 0 Å². The van der Waals surface area contributed by atoms with E-state index in [4.69, 9.17) is 27.9 Å². The Hall–Kier alpha value is -1.52. The van der Waals surface area contributed by atoms with Crippen molar-refractivity contribution < 1.29 is 9.53 Å². The third-order valence-corrected chi connectivity index (χ3v) is 4.07. The summed E-state index contributed by atoms with van der Waals surface area (Å²) in [7, 11) is 0. The summed E-state index contributed by atoms with van der Waals surface area (Å²) in [5.41, 5.74) is 0.744.